The van der Waals surface area contributed by atoms with E-state index in [-0.39, 0.29) is 46.4 Å². The Morgan fingerprint density at radius 2 is 0.600 bits per heavy atom. The summed E-state index contributed by atoms with van der Waals surface area (Å²) in [6.45, 7) is 2.21. The van der Waals surface area contributed by atoms with Gasteiger partial charge < -0.3 is 21.3 Å². The molecule has 0 spiro atoms. The van der Waals surface area contributed by atoms with E-state index >= 15 is 0 Å². The lowest BCUT2D eigenvalue weighted by Crippen LogP contribution is -2.28. The van der Waals surface area contributed by atoms with Crippen molar-refractivity contribution < 1.29 is 19.2 Å². The van der Waals surface area contributed by atoms with Crippen LogP contribution in [-0.4, -0.2) is 59.8 Å². The predicted octanol–water partition coefficient (Wildman–Crippen LogP) is 3.79. The second kappa shape index (κ2) is 17.7. The van der Waals surface area contributed by atoms with Crippen LogP contribution >= 0.6 is 0 Å². The summed E-state index contributed by atoms with van der Waals surface area (Å²) in [5.74, 6) is -1.09. The molecule has 4 bridgehead atoms. The predicted molar refractivity (Wildman–Crippen MR) is 153 cm³/mol. The average molecular weight is 551 g/mol. The Labute approximate surface area is 236 Å². The molecule has 3 rings (SSSR count). The molecule has 10 nitrogen and oxygen atoms in total. The fraction of sp³-hybridized carbons (Fsp3) is 0.533. The highest BCUT2D eigenvalue weighted by atomic mass is 16.2. The Kier molecular flexibility index (Phi) is 13.6. The molecule has 0 fully saturated rings. The highest BCUT2D eigenvalue weighted by Crippen LogP contribution is 2.07. The van der Waals surface area contributed by atoms with Gasteiger partial charge in [0.05, 0.1) is 0 Å². The molecule has 1 aliphatic heterocycles. The van der Waals surface area contributed by atoms with Crippen LogP contribution in [0.4, 0.5) is 0 Å². The smallest absolute Gasteiger partial charge is 0.269 e. The Morgan fingerprint density at radius 3 is 0.850 bits per heavy atom. The zero-order chi connectivity index (χ0) is 28.4. The van der Waals surface area contributed by atoms with E-state index < -0.39 is 0 Å². The molecule has 4 N–H and O–H groups in total. The Hall–Kier alpha value is -3.82. The third kappa shape index (κ3) is 11.1. The summed E-state index contributed by atoms with van der Waals surface area (Å²) in [6.07, 6.45) is 11.5. The number of carbonyl (C=O) groups is 4. The van der Waals surface area contributed by atoms with E-state index in [1.807, 2.05) is 0 Å². The van der Waals surface area contributed by atoms with E-state index in [1.54, 1.807) is 36.4 Å². The minimum Gasteiger partial charge on any atom is -0.351 e. The van der Waals surface area contributed by atoms with E-state index in [0.717, 1.165) is 77.0 Å². The van der Waals surface area contributed by atoms with Crippen LogP contribution in [0, 0.1) is 0 Å². The Morgan fingerprint density at radius 1 is 0.375 bits per heavy atom. The number of rotatable bonds is 0. The molecule has 3 heterocycles. The molecule has 0 unspecified atom stereocenters. The van der Waals surface area contributed by atoms with Gasteiger partial charge in [0.15, 0.2) is 0 Å². The molecule has 10 heteroatoms. The molecule has 0 aliphatic carbocycles. The van der Waals surface area contributed by atoms with Crippen molar-refractivity contribution in [2.45, 2.75) is 77.0 Å². The van der Waals surface area contributed by atoms with Crippen molar-refractivity contribution in [3.63, 3.8) is 0 Å². The lowest BCUT2D eigenvalue weighted by atomic mass is 10.1. The first-order chi connectivity index (χ1) is 19.5. The number of nitrogens with one attached hydrogen (secondary N) is 4. The van der Waals surface area contributed by atoms with Crippen molar-refractivity contribution in [2.24, 2.45) is 0 Å². The maximum absolute atomic E-state index is 12.5. The number of hydrogen-bond donors (Lipinski definition) is 4. The SMILES string of the molecule is O=C1NCCCCCCCCNC(=O)c2cccc(n2)C(=O)NCCCCCCCCNC(=O)c2cccc1n2. The average Bonchev–Trinajstić information content (AvgIpc) is 2.98. The van der Waals surface area contributed by atoms with Crippen molar-refractivity contribution in [3.8, 4) is 0 Å². The molecular formula is C30H42N6O4. The van der Waals surface area contributed by atoms with Crippen LogP contribution in [0.2, 0.25) is 0 Å². The largest absolute Gasteiger partial charge is 0.351 e. The second-order valence-corrected chi connectivity index (χ2v) is 10.1. The molecule has 1 aliphatic rings. The topological polar surface area (TPSA) is 142 Å². The number of fused-ring (bicyclic) bond motifs is 4. The summed E-state index contributed by atoms with van der Waals surface area (Å²) in [5.41, 5.74) is 0.972. The van der Waals surface area contributed by atoms with Gasteiger partial charge in [-0.1, -0.05) is 63.5 Å². The third-order valence-electron chi connectivity index (χ3n) is 6.78. The second-order valence-electron chi connectivity index (χ2n) is 10.1. The minimum atomic E-state index is -0.273. The number of hydrogen-bond acceptors (Lipinski definition) is 6. The maximum atomic E-state index is 12.5. The highest BCUT2D eigenvalue weighted by molar-refractivity contribution is 5.97. The number of carbonyl (C=O) groups excluding carboxylic acids is 4. The molecule has 0 saturated heterocycles. The molecule has 2 aromatic rings. The van der Waals surface area contributed by atoms with Crippen LogP contribution < -0.4 is 21.3 Å². The molecule has 0 atom stereocenters. The number of aromatic nitrogens is 2. The Bertz CT molecular complexity index is 957. The molecule has 0 radical (unpaired) electrons. The van der Waals surface area contributed by atoms with Gasteiger partial charge in [-0.2, -0.15) is 0 Å². The normalized spacial score (nSPS) is 18.4. The van der Waals surface area contributed by atoms with Gasteiger partial charge >= 0.3 is 0 Å². The third-order valence-corrected chi connectivity index (χ3v) is 6.78. The maximum Gasteiger partial charge on any atom is 0.269 e. The van der Waals surface area contributed by atoms with Crippen molar-refractivity contribution in [2.75, 3.05) is 26.2 Å². The molecular weight excluding hydrogens is 508 g/mol. The van der Waals surface area contributed by atoms with Gasteiger partial charge in [-0.15, -0.1) is 0 Å². The summed E-state index contributed by atoms with van der Waals surface area (Å²) < 4.78 is 0. The van der Waals surface area contributed by atoms with E-state index in [0.29, 0.717) is 26.2 Å². The van der Waals surface area contributed by atoms with E-state index in [1.165, 1.54) is 0 Å². The number of amides is 4. The molecule has 0 saturated carbocycles. The van der Waals surface area contributed by atoms with Crippen LogP contribution in [0.1, 0.15) is 119 Å². The van der Waals surface area contributed by atoms with Crippen molar-refractivity contribution in [1.29, 1.82) is 0 Å². The van der Waals surface area contributed by atoms with E-state index in [9.17, 15) is 19.2 Å². The van der Waals surface area contributed by atoms with Gasteiger partial charge in [-0.25, -0.2) is 9.97 Å². The van der Waals surface area contributed by atoms with Gasteiger partial charge in [0.25, 0.3) is 23.6 Å². The Balaban J connectivity index is 1.49. The quantitative estimate of drug-likeness (QED) is 0.393. The number of nitrogens with zero attached hydrogens (tertiary/aromatic N) is 2. The molecule has 216 valence electrons. The van der Waals surface area contributed by atoms with E-state index in [4.69, 9.17) is 0 Å². The molecule has 2 aromatic heterocycles. The van der Waals surface area contributed by atoms with Crippen LogP contribution in [0.15, 0.2) is 36.4 Å². The molecule has 40 heavy (non-hydrogen) atoms. The van der Waals surface area contributed by atoms with Gasteiger partial charge in [0, 0.05) is 26.2 Å². The van der Waals surface area contributed by atoms with Gasteiger partial charge in [-0.3, -0.25) is 19.2 Å². The standard InChI is InChI=1S/C30H42N6O4/c37-27-23-15-13-17-25(35-23)29(39)33-21-11-7-3-4-8-12-22-34-30(40)26-18-14-16-24(36-26)28(38)32-20-10-6-2-1-5-9-19-31-27/h13-18H,1-12,19-22H2,(H,31,37)(H,32,38)(H,33,39)(H,34,40). The minimum absolute atomic E-state index is 0.243. The summed E-state index contributed by atoms with van der Waals surface area (Å²) in [6, 6.07) is 9.82. The first kappa shape index (κ1) is 30.7. The van der Waals surface area contributed by atoms with Crippen LogP contribution in [0.5, 0.6) is 0 Å². The zero-order valence-electron chi connectivity index (χ0n) is 23.3. The van der Waals surface area contributed by atoms with Crippen molar-refractivity contribution in [3.05, 3.63) is 59.2 Å². The monoisotopic (exact) mass is 550 g/mol. The lowest BCUT2D eigenvalue weighted by Gasteiger charge is -2.09. The summed E-state index contributed by atoms with van der Waals surface area (Å²) in [5, 5.41) is 11.5. The zero-order valence-corrected chi connectivity index (χ0v) is 23.3. The summed E-state index contributed by atoms with van der Waals surface area (Å²) >= 11 is 0. The van der Waals surface area contributed by atoms with Gasteiger partial charge in [0.2, 0.25) is 0 Å². The number of pyridine rings is 2. The highest BCUT2D eigenvalue weighted by Gasteiger charge is 2.13. The van der Waals surface area contributed by atoms with Crippen molar-refractivity contribution in [1.82, 2.24) is 31.2 Å². The van der Waals surface area contributed by atoms with Gasteiger partial charge in [-0.05, 0) is 49.9 Å². The lowest BCUT2D eigenvalue weighted by molar-refractivity contribution is 0.0927. The van der Waals surface area contributed by atoms with Crippen molar-refractivity contribution >= 4 is 23.6 Å². The van der Waals surface area contributed by atoms with Gasteiger partial charge in [0.1, 0.15) is 22.8 Å². The van der Waals surface area contributed by atoms with Crippen LogP contribution in [0.25, 0.3) is 0 Å². The first-order valence-corrected chi connectivity index (χ1v) is 14.6. The van der Waals surface area contributed by atoms with Crippen LogP contribution in [0.3, 0.4) is 0 Å². The van der Waals surface area contributed by atoms with E-state index in [2.05, 4.69) is 31.2 Å². The first-order valence-electron chi connectivity index (χ1n) is 14.6. The fourth-order valence-corrected chi connectivity index (χ4v) is 4.46. The fourth-order valence-electron chi connectivity index (χ4n) is 4.46. The summed E-state index contributed by atoms with van der Waals surface area (Å²) in [7, 11) is 0. The molecule has 4 amide bonds. The molecule has 0 aromatic carbocycles. The summed E-state index contributed by atoms with van der Waals surface area (Å²) in [4.78, 5) is 58.3. The van der Waals surface area contributed by atoms with Crippen LogP contribution in [-0.2, 0) is 0 Å².